The fourth-order valence-electron chi connectivity index (χ4n) is 2.11. The molecule has 1 aromatic heterocycles. The third-order valence-corrected chi connectivity index (χ3v) is 4.71. The van der Waals surface area contributed by atoms with Gasteiger partial charge in [-0.3, -0.25) is 4.99 Å². The Hall–Kier alpha value is -1.29. The largest absolute Gasteiger partial charge is 0.351 e. The summed E-state index contributed by atoms with van der Waals surface area (Å²) in [6, 6.07) is 3.66. The number of rotatable bonds is 5. The Morgan fingerprint density at radius 1 is 1.24 bits per heavy atom. The average Bonchev–Trinajstić information content (AvgIpc) is 3.03. The number of hydrogen-bond donors (Lipinski definition) is 2. The maximum absolute atomic E-state index is 13.3. The Labute approximate surface area is 168 Å². The molecule has 2 N–H and O–H groups in total. The second-order valence-electron chi connectivity index (χ2n) is 5.80. The highest BCUT2D eigenvalue weighted by Crippen LogP contribution is 2.19. The van der Waals surface area contributed by atoms with Crippen LogP contribution in [-0.2, 0) is 6.54 Å². The molecule has 4 nitrogen and oxygen atoms in total. The number of nitrogens with one attached hydrogen (secondary N) is 2. The van der Waals surface area contributed by atoms with Gasteiger partial charge in [-0.2, -0.15) is 0 Å². The van der Waals surface area contributed by atoms with Crippen LogP contribution in [0.15, 0.2) is 28.6 Å². The zero-order valence-electron chi connectivity index (χ0n) is 14.6. The van der Waals surface area contributed by atoms with Crippen molar-refractivity contribution < 1.29 is 8.78 Å². The van der Waals surface area contributed by atoms with Crippen LogP contribution in [0.2, 0.25) is 0 Å². The summed E-state index contributed by atoms with van der Waals surface area (Å²) in [7, 11) is 1.66. The van der Waals surface area contributed by atoms with Gasteiger partial charge in [-0.25, -0.2) is 13.8 Å². The SMILES string of the molecule is CN=C(NCc1csc(C(C)C)n1)NC(C)c1ccc(F)c(F)c1.I. The number of thiazole rings is 1. The first-order chi connectivity index (χ1) is 11.4. The molecule has 0 radical (unpaired) electrons. The summed E-state index contributed by atoms with van der Waals surface area (Å²) in [5.41, 5.74) is 1.60. The Morgan fingerprint density at radius 2 is 1.96 bits per heavy atom. The van der Waals surface area contributed by atoms with Crippen molar-refractivity contribution in [1.29, 1.82) is 0 Å². The highest BCUT2D eigenvalue weighted by Gasteiger charge is 2.11. The number of benzene rings is 1. The van der Waals surface area contributed by atoms with E-state index in [9.17, 15) is 8.78 Å². The van der Waals surface area contributed by atoms with Gasteiger partial charge >= 0.3 is 0 Å². The lowest BCUT2D eigenvalue weighted by molar-refractivity contribution is 0.504. The summed E-state index contributed by atoms with van der Waals surface area (Å²) in [5.74, 6) is -0.716. The highest BCUT2D eigenvalue weighted by atomic mass is 127. The number of halogens is 3. The predicted octanol–water partition coefficient (Wildman–Crippen LogP) is 4.59. The molecule has 2 rings (SSSR count). The smallest absolute Gasteiger partial charge is 0.191 e. The average molecular weight is 480 g/mol. The van der Waals surface area contributed by atoms with Crippen LogP contribution in [0.1, 0.15) is 49.0 Å². The molecular weight excluding hydrogens is 457 g/mol. The van der Waals surface area contributed by atoms with Gasteiger partial charge in [0.2, 0.25) is 0 Å². The van der Waals surface area contributed by atoms with E-state index in [1.54, 1.807) is 24.5 Å². The van der Waals surface area contributed by atoms with Crippen molar-refractivity contribution in [2.45, 2.75) is 39.3 Å². The summed E-state index contributed by atoms with van der Waals surface area (Å²) in [6.45, 7) is 6.63. The topological polar surface area (TPSA) is 49.3 Å². The second-order valence-corrected chi connectivity index (χ2v) is 6.69. The molecule has 1 unspecified atom stereocenters. The number of guanidine groups is 1. The van der Waals surface area contributed by atoms with E-state index in [4.69, 9.17) is 0 Å². The molecule has 0 spiro atoms. The van der Waals surface area contributed by atoms with Crippen molar-refractivity contribution in [3.8, 4) is 0 Å². The lowest BCUT2D eigenvalue weighted by Gasteiger charge is -2.18. The maximum atomic E-state index is 13.3. The van der Waals surface area contributed by atoms with E-state index in [2.05, 4.69) is 34.5 Å². The van der Waals surface area contributed by atoms with Crippen molar-refractivity contribution in [2.24, 2.45) is 4.99 Å². The molecule has 1 atom stereocenters. The van der Waals surface area contributed by atoms with Crippen molar-refractivity contribution >= 4 is 41.3 Å². The van der Waals surface area contributed by atoms with Gasteiger partial charge in [-0.05, 0) is 24.6 Å². The molecular formula is C17H23F2IN4S. The van der Waals surface area contributed by atoms with E-state index in [0.717, 1.165) is 16.8 Å². The zero-order chi connectivity index (χ0) is 17.7. The van der Waals surface area contributed by atoms with Crippen LogP contribution >= 0.6 is 35.3 Å². The molecule has 1 heterocycles. The van der Waals surface area contributed by atoms with Crippen LogP contribution in [0.25, 0.3) is 0 Å². The highest BCUT2D eigenvalue weighted by molar-refractivity contribution is 14.0. The lowest BCUT2D eigenvalue weighted by Crippen LogP contribution is -2.38. The van der Waals surface area contributed by atoms with Gasteiger partial charge in [-0.1, -0.05) is 19.9 Å². The van der Waals surface area contributed by atoms with E-state index in [0.29, 0.717) is 24.0 Å². The van der Waals surface area contributed by atoms with Gasteiger partial charge < -0.3 is 10.6 Å². The lowest BCUT2D eigenvalue weighted by atomic mass is 10.1. The number of nitrogens with zero attached hydrogens (tertiary/aromatic N) is 2. The standard InChI is InChI=1S/C17H22F2N4S.HI/c1-10(2)16-23-13(9-24-16)8-21-17(20-4)22-11(3)12-5-6-14(18)15(19)7-12;/h5-7,9-11H,8H2,1-4H3,(H2,20,21,22);1H. The molecule has 0 amide bonds. The van der Waals surface area contributed by atoms with E-state index in [-0.39, 0.29) is 30.0 Å². The molecule has 0 aliphatic rings. The molecule has 0 aliphatic carbocycles. The molecule has 0 saturated heterocycles. The summed E-state index contributed by atoms with van der Waals surface area (Å²) in [5, 5.41) is 9.46. The minimum Gasteiger partial charge on any atom is -0.351 e. The molecule has 0 fully saturated rings. The molecule has 0 saturated carbocycles. The second kappa shape index (κ2) is 10.0. The number of hydrogen-bond acceptors (Lipinski definition) is 3. The summed E-state index contributed by atoms with van der Waals surface area (Å²) >= 11 is 1.64. The van der Waals surface area contributed by atoms with Crippen molar-refractivity contribution in [1.82, 2.24) is 15.6 Å². The Kier molecular flexibility index (Phi) is 8.70. The predicted molar refractivity (Wildman–Crippen MR) is 110 cm³/mol. The molecule has 138 valence electrons. The minimum absolute atomic E-state index is 0. The quantitative estimate of drug-likeness (QED) is 0.374. The van der Waals surface area contributed by atoms with Crippen LogP contribution in [0.3, 0.4) is 0 Å². The monoisotopic (exact) mass is 480 g/mol. The van der Waals surface area contributed by atoms with E-state index in [1.807, 2.05) is 12.3 Å². The van der Waals surface area contributed by atoms with E-state index in [1.165, 1.54) is 6.07 Å². The Bertz CT molecular complexity index is 718. The Balaban J connectivity index is 0.00000312. The van der Waals surface area contributed by atoms with Crippen molar-refractivity contribution in [2.75, 3.05) is 7.05 Å². The van der Waals surface area contributed by atoms with Gasteiger partial charge in [0.05, 0.1) is 23.3 Å². The molecule has 25 heavy (non-hydrogen) atoms. The van der Waals surface area contributed by atoms with Crippen molar-refractivity contribution in [3.63, 3.8) is 0 Å². The van der Waals surface area contributed by atoms with E-state index < -0.39 is 11.6 Å². The van der Waals surface area contributed by atoms with Crippen LogP contribution in [-0.4, -0.2) is 18.0 Å². The fraction of sp³-hybridized carbons (Fsp3) is 0.412. The zero-order valence-corrected chi connectivity index (χ0v) is 17.8. The third kappa shape index (κ3) is 6.18. The summed E-state index contributed by atoms with van der Waals surface area (Å²) in [6.07, 6.45) is 0. The van der Waals surface area contributed by atoms with Crippen molar-refractivity contribution in [3.05, 3.63) is 51.5 Å². The summed E-state index contributed by atoms with van der Waals surface area (Å²) in [4.78, 5) is 8.71. The number of aromatic nitrogens is 1. The summed E-state index contributed by atoms with van der Waals surface area (Å²) < 4.78 is 26.4. The fourth-order valence-corrected chi connectivity index (χ4v) is 2.94. The van der Waals surface area contributed by atoms with Crippen LogP contribution < -0.4 is 10.6 Å². The van der Waals surface area contributed by atoms with Gasteiger partial charge in [0, 0.05) is 18.3 Å². The van der Waals surface area contributed by atoms with E-state index >= 15 is 0 Å². The van der Waals surface area contributed by atoms with Gasteiger partial charge in [-0.15, -0.1) is 35.3 Å². The van der Waals surface area contributed by atoms with Crippen LogP contribution in [0.4, 0.5) is 8.78 Å². The van der Waals surface area contributed by atoms with Crippen LogP contribution in [0, 0.1) is 11.6 Å². The van der Waals surface area contributed by atoms with Crippen LogP contribution in [0.5, 0.6) is 0 Å². The number of aliphatic imine (C=N–C) groups is 1. The first kappa shape index (κ1) is 21.8. The van der Waals surface area contributed by atoms with Gasteiger partial charge in [0.15, 0.2) is 17.6 Å². The molecule has 0 aliphatic heterocycles. The van der Waals surface area contributed by atoms with Gasteiger partial charge in [0.25, 0.3) is 0 Å². The first-order valence-electron chi connectivity index (χ1n) is 7.77. The third-order valence-electron chi connectivity index (χ3n) is 3.52. The Morgan fingerprint density at radius 3 is 2.52 bits per heavy atom. The molecule has 2 aromatic rings. The molecule has 8 heteroatoms. The van der Waals surface area contributed by atoms with Gasteiger partial charge in [0.1, 0.15) is 0 Å². The normalized spacial score (nSPS) is 12.7. The minimum atomic E-state index is -0.854. The maximum Gasteiger partial charge on any atom is 0.191 e. The first-order valence-corrected chi connectivity index (χ1v) is 8.65. The molecule has 1 aromatic carbocycles. The molecule has 0 bridgehead atoms.